The Balaban J connectivity index is 2.39. The maximum absolute atomic E-state index is 4.61. The lowest BCUT2D eigenvalue weighted by Gasteiger charge is -2.17. The summed E-state index contributed by atoms with van der Waals surface area (Å²) in [5, 5.41) is 0.289. The van der Waals surface area contributed by atoms with Crippen molar-refractivity contribution in [3.05, 3.63) is 30.5 Å². The average molecular weight is 218 g/mol. The molecule has 2 nitrogen and oxygen atoms in total. The summed E-state index contributed by atoms with van der Waals surface area (Å²) in [4.78, 5) is 9.02. The van der Waals surface area contributed by atoms with E-state index in [1.807, 2.05) is 30.5 Å². The van der Waals surface area contributed by atoms with Crippen molar-refractivity contribution in [3.63, 3.8) is 0 Å². The Morgan fingerprint density at radius 3 is 2.40 bits per heavy atom. The highest BCUT2D eigenvalue weighted by Gasteiger charge is 2.12. The van der Waals surface area contributed by atoms with Crippen LogP contribution in [-0.2, 0) is 0 Å². The molecule has 0 aliphatic carbocycles. The molecule has 0 saturated heterocycles. The first-order valence-corrected chi connectivity index (χ1v) is 6.05. The fraction of sp³-hybridized carbons (Fsp3) is 0.333. The zero-order valence-electron chi connectivity index (χ0n) is 9.28. The van der Waals surface area contributed by atoms with E-state index in [0.29, 0.717) is 8.58 Å². The third-order valence-corrected chi connectivity index (χ3v) is 3.20. The lowest BCUT2D eigenvalue weighted by molar-refractivity contribution is 0.798. The summed E-state index contributed by atoms with van der Waals surface area (Å²) in [6, 6.07) is 8.00. The number of nitrogens with zero attached hydrogens (tertiary/aromatic N) is 2. The molecule has 15 heavy (non-hydrogen) atoms. The zero-order valence-corrected chi connectivity index (χ0v) is 10.3. The molecule has 0 aliphatic rings. The molecule has 0 saturated carbocycles. The zero-order chi connectivity index (χ0) is 10.9. The number of hydrogen-bond donors (Lipinski definition) is 0. The van der Waals surface area contributed by atoms with Gasteiger partial charge in [-0.25, -0.2) is 4.98 Å². The minimum Gasteiger partial charge on any atom is -0.252 e. The highest BCUT2D eigenvalue weighted by molar-refractivity contribution is 7.48. The largest absolute Gasteiger partial charge is 0.252 e. The van der Waals surface area contributed by atoms with Gasteiger partial charge in [0.05, 0.1) is 22.7 Å². The van der Waals surface area contributed by atoms with Gasteiger partial charge in [0.15, 0.2) is 0 Å². The molecular weight excluding hydrogens is 203 g/mol. The molecule has 1 heterocycles. The Labute approximate surface area is 91.9 Å². The van der Waals surface area contributed by atoms with Crippen molar-refractivity contribution >= 4 is 25.0 Å². The first-order chi connectivity index (χ1) is 7.04. The normalized spacial score (nSPS) is 12.7. The maximum atomic E-state index is 4.61. The van der Waals surface area contributed by atoms with E-state index in [2.05, 4.69) is 30.7 Å². The van der Waals surface area contributed by atoms with Crippen LogP contribution in [0.5, 0.6) is 0 Å². The van der Waals surface area contributed by atoms with Crippen LogP contribution in [0.4, 0.5) is 0 Å². The van der Waals surface area contributed by atoms with Gasteiger partial charge in [0.1, 0.15) is 0 Å². The van der Waals surface area contributed by atoms with E-state index in [9.17, 15) is 0 Å². The lowest BCUT2D eigenvalue weighted by atomic mass is 10.3. The van der Waals surface area contributed by atoms with Crippen molar-refractivity contribution in [2.75, 3.05) is 0 Å². The number of aromatic nitrogens is 2. The van der Waals surface area contributed by atoms with Gasteiger partial charge in [0.2, 0.25) is 0 Å². The minimum absolute atomic E-state index is 0.289. The van der Waals surface area contributed by atoms with Gasteiger partial charge < -0.3 is 0 Å². The second kappa shape index (κ2) is 3.86. The van der Waals surface area contributed by atoms with E-state index >= 15 is 0 Å². The molecule has 0 bridgehead atoms. The predicted molar refractivity (Wildman–Crippen MR) is 67.2 cm³/mol. The molecule has 3 heteroatoms. The van der Waals surface area contributed by atoms with Crippen molar-refractivity contribution in [2.24, 2.45) is 0 Å². The van der Waals surface area contributed by atoms with Gasteiger partial charge >= 0.3 is 0 Å². The van der Waals surface area contributed by atoms with Crippen molar-refractivity contribution in [3.8, 4) is 0 Å². The highest BCUT2D eigenvalue weighted by Crippen LogP contribution is 2.28. The van der Waals surface area contributed by atoms with E-state index in [4.69, 9.17) is 0 Å². The quantitative estimate of drug-likeness (QED) is 0.688. The monoisotopic (exact) mass is 218 g/mol. The summed E-state index contributed by atoms with van der Waals surface area (Å²) in [5.41, 5.74) is 3.06. The molecule has 2 aromatic rings. The topological polar surface area (TPSA) is 25.8 Å². The third kappa shape index (κ3) is 2.73. The Morgan fingerprint density at radius 2 is 1.73 bits per heavy atom. The first kappa shape index (κ1) is 10.5. The number of benzene rings is 1. The van der Waals surface area contributed by atoms with Gasteiger partial charge in [-0.2, -0.15) is 0 Å². The molecule has 0 fully saturated rings. The average Bonchev–Trinajstić information content (AvgIpc) is 2.15. The Bertz CT molecular complexity index is 474. The van der Waals surface area contributed by atoms with E-state index in [1.54, 1.807) is 0 Å². The summed E-state index contributed by atoms with van der Waals surface area (Å²) in [6.07, 6.45) is 1.89. The van der Waals surface area contributed by atoms with Crippen LogP contribution in [0.15, 0.2) is 30.5 Å². The van der Waals surface area contributed by atoms with E-state index in [1.165, 1.54) is 0 Å². The molecule has 1 aromatic carbocycles. The van der Waals surface area contributed by atoms with Crippen LogP contribution >= 0.6 is 8.58 Å². The van der Waals surface area contributed by atoms with Crippen LogP contribution in [0.3, 0.4) is 0 Å². The van der Waals surface area contributed by atoms with Gasteiger partial charge in [-0.1, -0.05) is 41.5 Å². The molecular formula is C12H15N2P. The lowest BCUT2D eigenvalue weighted by Crippen LogP contribution is -2.14. The van der Waals surface area contributed by atoms with E-state index in [-0.39, 0.29) is 5.16 Å². The van der Waals surface area contributed by atoms with Crippen LogP contribution in [0.2, 0.25) is 0 Å². The minimum atomic E-state index is 0.289. The molecule has 0 spiro atoms. The number of hydrogen-bond acceptors (Lipinski definition) is 2. The molecule has 1 atom stereocenters. The SMILES string of the molecule is CC(C)(C)Pc1cnc2ccccc2n1. The van der Waals surface area contributed by atoms with Gasteiger partial charge in [0.25, 0.3) is 0 Å². The Hall–Kier alpha value is -1.01. The van der Waals surface area contributed by atoms with Crippen molar-refractivity contribution in [1.29, 1.82) is 0 Å². The summed E-state index contributed by atoms with van der Waals surface area (Å²) in [7, 11) is 0.704. The molecule has 0 aliphatic heterocycles. The molecule has 0 amide bonds. The summed E-state index contributed by atoms with van der Waals surface area (Å²) >= 11 is 0. The Morgan fingerprint density at radius 1 is 1.07 bits per heavy atom. The smallest absolute Gasteiger partial charge is 0.0894 e. The summed E-state index contributed by atoms with van der Waals surface area (Å²) in [5.74, 6) is 0. The summed E-state index contributed by atoms with van der Waals surface area (Å²) < 4.78 is 0. The van der Waals surface area contributed by atoms with E-state index < -0.39 is 0 Å². The van der Waals surface area contributed by atoms with Gasteiger partial charge in [0, 0.05) is 0 Å². The fourth-order valence-electron chi connectivity index (χ4n) is 1.40. The van der Waals surface area contributed by atoms with Gasteiger partial charge in [-0.3, -0.25) is 4.98 Å². The van der Waals surface area contributed by atoms with Crippen molar-refractivity contribution in [2.45, 2.75) is 25.9 Å². The van der Waals surface area contributed by atoms with Crippen LogP contribution in [-0.4, -0.2) is 15.1 Å². The molecule has 78 valence electrons. The Kier molecular flexibility index (Phi) is 2.70. The van der Waals surface area contributed by atoms with Crippen LogP contribution in [0, 0.1) is 0 Å². The van der Waals surface area contributed by atoms with Crippen LogP contribution < -0.4 is 5.44 Å². The number of para-hydroxylation sites is 2. The standard InChI is InChI=1S/C12H15N2P/c1-12(2,3)15-11-8-13-9-6-4-5-7-10(9)14-11/h4-8,15H,1-3H3. The van der Waals surface area contributed by atoms with Gasteiger partial charge in [-0.05, 0) is 17.3 Å². The van der Waals surface area contributed by atoms with Crippen LogP contribution in [0.1, 0.15) is 20.8 Å². The third-order valence-electron chi connectivity index (χ3n) is 1.95. The molecule has 0 radical (unpaired) electrons. The predicted octanol–water partition coefficient (Wildman–Crippen LogP) is 2.73. The molecule has 1 unspecified atom stereocenters. The van der Waals surface area contributed by atoms with Crippen molar-refractivity contribution < 1.29 is 0 Å². The second-order valence-electron chi connectivity index (χ2n) is 4.62. The number of fused-ring (bicyclic) bond motifs is 1. The first-order valence-electron chi connectivity index (χ1n) is 5.05. The molecule has 0 N–H and O–H groups in total. The molecule has 2 rings (SSSR count). The maximum Gasteiger partial charge on any atom is 0.0894 e. The van der Waals surface area contributed by atoms with Gasteiger partial charge in [-0.15, -0.1) is 0 Å². The second-order valence-corrected chi connectivity index (χ2v) is 6.88. The van der Waals surface area contributed by atoms with Crippen molar-refractivity contribution in [1.82, 2.24) is 9.97 Å². The highest BCUT2D eigenvalue weighted by atomic mass is 31.1. The number of rotatable bonds is 1. The fourth-order valence-corrected chi connectivity index (χ4v) is 2.48. The molecule has 1 aromatic heterocycles. The van der Waals surface area contributed by atoms with Crippen LogP contribution in [0.25, 0.3) is 11.0 Å². The van der Waals surface area contributed by atoms with E-state index in [0.717, 1.165) is 16.5 Å². The summed E-state index contributed by atoms with van der Waals surface area (Å²) in [6.45, 7) is 6.67.